The molecule has 2 aromatic carbocycles. The number of benzene rings is 2. The third-order valence-electron chi connectivity index (χ3n) is 4.87. The van der Waals surface area contributed by atoms with E-state index in [9.17, 15) is 5.11 Å². The number of halogens is 1. The van der Waals surface area contributed by atoms with Crippen LogP contribution in [0.5, 0.6) is 5.75 Å². The van der Waals surface area contributed by atoms with Gasteiger partial charge in [0.25, 0.3) is 0 Å². The lowest BCUT2D eigenvalue weighted by Crippen LogP contribution is -2.28. The van der Waals surface area contributed by atoms with Crippen LogP contribution >= 0.6 is 11.6 Å². The number of fused-ring (bicyclic) bond motifs is 1. The Balaban J connectivity index is 1.42. The molecule has 1 aliphatic rings. The second-order valence-electron chi connectivity index (χ2n) is 6.77. The quantitative estimate of drug-likeness (QED) is 0.658. The number of phenolic OH excluding ortho intramolecular Hbond substituents is 1. The van der Waals surface area contributed by atoms with E-state index in [2.05, 4.69) is 28.1 Å². The van der Waals surface area contributed by atoms with E-state index in [0.29, 0.717) is 5.52 Å². The van der Waals surface area contributed by atoms with Crippen LogP contribution in [0.3, 0.4) is 0 Å². The van der Waals surface area contributed by atoms with Crippen molar-refractivity contribution < 1.29 is 5.11 Å². The average Bonchev–Trinajstić information content (AvgIpc) is 2.70. The van der Waals surface area contributed by atoms with E-state index >= 15 is 0 Å². The lowest BCUT2D eigenvalue weighted by atomic mass is 10.1. The molecule has 1 N–H and O–H groups in total. The smallest absolute Gasteiger partial charge is 0.141 e. The Bertz CT molecular complexity index is 1030. The molecule has 0 radical (unpaired) electrons. The summed E-state index contributed by atoms with van der Waals surface area (Å²) in [6.45, 7) is 2.79. The van der Waals surface area contributed by atoms with Crippen LogP contribution in [0.4, 0.5) is 0 Å². The van der Waals surface area contributed by atoms with Crippen LogP contribution in [0.2, 0.25) is 5.02 Å². The SMILES string of the molecule is Oc1cccc2ccc(/C=C/C3=CCN(Cc4ccccc4Cl)CC3)nc12. The zero-order chi connectivity index (χ0) is 18.6. The first-order valence-corrected chi connectivity index (χ1v) is 9.48. The number of hydrogen-bond donors (Lipinski definition) is 1. The van der Waals surface area contributed by atoms with Crippen LogP contribution in [-0.4, -0.2) is 28.1 Å². The summed E-state index contributed by atoms with van der Waals surface area (Å²) < 4.78 is 0. The molecular weight excluding hydrogens is 356 g/mol. The molecule has 1 aliphatic heterocycles. The third kappa shape index (κ3) is 4.21. The monoisotopic (exact) mass is 376 g/mol. The highest BCUT2D eigenvalue weighted by Gasteiger charge is 2.12. The molecule has 0 atom stereocenters. The second kappa shape index (κ2) is 7.95. The van der Waals surface area contributed by atoms with Crippen molar-refractivity contribution in [2.24, 2.45) is 0 Å². The lowest BCUT2D eigenvalue weighted by molar-refractivity contribution is 0.287. The van der Waals surface area contributed by atoms with Gasteiger partial charge in [0.05, 0.1) is 5.69 Å². The molecule has 3 nitrogen and oxygen atoms in total. The maximum absolute atomic E-state index is 9.97. The van der Waals surface area contributed by atoms with Crippen molar-refractivity contribution in [3.63, 3.8) is 0 Å². The van der Waals surface area contributed by atoms with Crippen molar-refractivity contribution in [1.29, 1.82) is 0 Å². The zero-order valence-electron chi connectivity index (χ0n) is 15.0. The van der Waals surface area contributed by atoms with Crippen LogP contribution in [0.1, 0.15) is 17.7 Å². The van der Waals surface area contributed by atoms with Crippen molar-refractivity contribution in [3.05, 3.63) is 88.6 Å². The molecule has 4 heteroatoms. The van der Waals surface area contributed by atoms with Gasteiger partial charge in [0.2, 0.25) is 0 Å². The van der Waals surface area contributed by atoms with E-state index in [1.165, 1.54) is 11.1 Å². The second-order valence-corrected chi connectivity index (χ2v) is 7.18. The minimum absolute atomic E-state index is 0.217. The molecule has 4 rings (SSSR count). The van der Waals surface area contributed by atoms with Crippen LogP contribution in [0, 0.1) is 0 Å². The molecule has 136 valence electrons. The van der Waals surface area contributed by atoms with Gasteiger partial charge in [-0.3, -0.25) is 4.90 Å². The largest absolute Gasteiger partial charge is 0.506 e. The molecule has 0 fully saturated rings. The highest BCUT2D eigenvalue weighted by molar-refractivity contribution is 6.31. The van der Waals surface area contributed by atoms with E-state index in [-0.39, 0.29) is 5.75 Å². The first kappa shape index (κ1) is 17.8. The van der Waals surface area contributed by atoms with Gasteiger partial charge >= 0.3 is 0 Å². The Hall–Kier alpha value is -2.62. The predicted molar refractivity (Wildman–Crippen MR) is 112 cm³/mol. The molecule has 0 amide bonds. The fourth-order valence-corrected chi connectivity index (χ4v) is 3.52. The van der Waals surface area contributed by atoms with Gasteiger partial charge in [-0.05, 0) is 41.8 Å². The van der Waals surface area contributed by atoms with Crippen LogP contribution in [-0.2, 0) is 6.54 Å². The molecule has 2 heterocycles. The Morgan fingerprint density at radius 2 is 1.93 bits per heavy atom. The summed E-state index contributed by atoms with van der Waals surface area (Å²) in [6, 6.07) is 17.4. The van der Waals surface area contributed by atoms with Crippen molar-refractivity contribution >= 4 is 28.6 Å². The van der Waals surface area contributed by atoms with Gasteiger partial charge in [-0.25, -0.2) is 4.98 Å². The fourth-order valence-electron chi connectivity index (χ4n) is 3.32. The Morgan fingerprint density at radius 1 is 1.04 bits per heavy atom. The number of nitrogens with zero attached hydrogens (tertiary/aromatic N) is 2. The van der Waals surface area contributed by atoms with Crippen molar-refractivity contribution in [3.8, 4) is 5.75 Å². The average molecular weight is 377 g/mol. The highest BCUT2D eigenvalue weighted by Crippen LogP contribution is 2.23. The summed E-state index contributed by atoms with van der Waals surface area (Å²) in [5.41, 5.74) is 3.97. The van der Waals surface area contributed by atoms with E-state index in [4.69, 9.17) is 11.6 Å². The number of aromatic hydroxyl groups is 1. The minimum atomic E-state index is 0.217. The molecule has 1 aromatic heterocycles. The van der Waals surface area contributed by atoms with E-state index in [1.807, 2.05) is 48.5 Å². The molecule has 27 heavy (non-hydrogen) atoms. The number of pyridine rings is 1. The zero-order valence-corrected chi connectivity index (χ0v) is 15.7. The Morgan fingerprint density at radius 3 is 2.74 bits per heavy atom. The van der Waals surface area contributed by atoms with E-state index in [0.717, 1.165) is 42.2 Å². The molecule has 0 aliphatic carbocycles. The molecular formula is C23H21ClN2O. The predicted octanol–water partition coefficient (Wildman–Crippen LogP) is 5.44. The van der Waals surface area contributed by atoms with E-state index < -0.39 is 0 Å². The van der Waals surface area contributed by atoms with E-state index in [1.54, 1.807) is 6.07 Å². The molecule has 3 aromatic rings. The van der Waals surface area contributed by atoms with Gasteiger partial charge in [-0.15, -0.1) is 0 Å². The van der Waals surface area contributed by atoms with Gasteiger partial charge in [-0.1, -0.05) is 60.2 Å². The number of allylic oxidation sites excluding steroid dienone is 1. The summed E-state index contributed by atoms with van der Waals surface area (Å²) in [7, 11) is 0. The minimum Gasteiger partial charge on any atom is -0.506 e. The number of para-hydroxylation sites is 1. The molecule has 0 bridgehead atoms. The van der Waals surface area contributed by atoms with Crippen molar-refractivity contribution in [2.75, 3.05) is 13.1 Å². The van der Waals surface area contributed by atoms with Gasteiger partial charge in [0, 0.05) is 30.0 Å². The van der Waals surface area contributed by atoms with Crippen molar-refractivity contribution in [1.82, 2.24) is 9.88 Å². The topological polar surface area (TPSA) is 36.4 Å². The van der Waals surface area contributed by atoms with Crippen LogP contribution in [0.25, 0.3) is 17.0 Å². The summed E-state index contributed by atoms with van der Waals surface area (Å²) in [5, 5.41) is 11.7. The number of hydrogen-bond acceptors (Lipinski definition) is 3. The molecule has 0 saturated heterocycles. The normalized spacial score (nSPS) is 15.4. The standard InChI is InChI=1S/C23H21ClN2O/c24-21-6-2-1-4-19(21)16-26-14-12-17(13-15-26)8-10-20-11-9-18-5-3-7-22(27)23(18)25-20/h1-12,27H,13-16H2/b10-8+. The maximum atomic E-state index is 9.97. The first-order valence-electron chi connectivity index (χ1n) is 9.11. The first-order chi connectivity index (χ1) is 13.2. The Kier molecular flexibility index (Phi) is 5.23. The summed E-state index contributed by atoms with van der Waals surface area (Å²) in [5.74, 6) is 0.217. The van der Waals surface area contributed by atoms with Crippen molar-refractivity contribution in [2.45, 2.75) is 13.0 Å². The van der Waals surface area contributed by atoms with Crippen LogP contribution in [0.15, 0.2) is 72.3 Å². The maximum Gasteiger partial charge on any atom is 0.141 e. The van der Waals surface area contributed by atoms with Gasteiger partial charge in [0.15, 0.2) is 0 Å². The summed E-state index contributed by atoms with van der Waals surface area (Å²) >= 11 is 6.26. The summed E-state index contributed by atoms with van der Waals surface area (Å²) in [4.78, 5) is 6.94. The number of rotatable bonds is 4. The number of aromatic nitrogens is 1. The number of phenols is 1. The van der Waals surface area contributed by atoms with Gasteiger partial charge in [-0.2, -0.15) is 0 Å². The lowest BCUT2D eigenvalue weighted by Gasteiger charge is -2.25. The van der Waals surface area contributed by atoms with Crippen LogP contribution < -0.4 is 0 Å². The van der Waals surface area contributed by atoms with Gasteiger partial charge in [0.1, 0.15) is 11.3 Å². The molecule has 0 saturated carbocycles. The highest BCUT2D eigenvalue weighted by atomic mass is 35.5. The summed E-state index contributed by atoms with van der Waals surface area (Å²) in [6.07, 6.45) is 7.40. The molecule has 0 unspecified atom stereocenters. The third-order valence-corrected chi connectivity index (χ3v) is 5.24. The molecule has 0 spiro atoms. The van der Waals surface area contributed by atoms with Gasteiger partial charge < -0.3 is 5.11 Å². The Labute approximate surface area is 164 Å². The fraction of sp³-hybridized carbons (Fsp3) is 0.174.